The van der Waals surface area contributed by atoms with E-state index in [0.29, 0.717) is 18.0 Å². The van der Waals surface area contributed by atoms with Crippen LogP contribution in [0.25, 0.3) is 0 Å². The second-order valence-corrected chi connectivity index (χ2v) is 5.41. The maximum Gasteiger partial charge on any atom is 0.251 e. The van der Waals surface area contributed by atoms with Crippen LogP contribution in [0.2, 0.25) is 0 Å². The summed E-state index contributed by atoms with van der Waals surface area (Å²) >= 11 is 0. The summed E-state index contributed by atoms with van der Waals surface area (Å²) in [5.41, 5.74) is 4.29. The zero-order valence-electron chi connectivity index (χ0n) is 12.3. The third-order valence-corrected chi connectivity index (χ3v) is 3.40. The predicted molar refractivity (Wildman–Crippen MR) is 82.9 cm³/mol. The third-order valence-electron chi connectivity index (χ3n) is 3.40. The van der Waals surface area contributed by atoms with Gasteiger partial charge in [-0.1, -0.05) is 55.8 Å². The quantitative estimate of drug-likeness (QED) is 0.889. The first-order chi connectivity index (χ1) is 9.58. The Morgan fingerprint density at radius 3 is 2.55 bits per heavy atom. The van der Waals surface area contributed by atoms with Crippen molar-refractivity contribution >= 4 is 5.91 Å². The average molecular weight is 267 g/mol. The molecule has 0 aromatic heterocycles. The summed E-state index contributed by atoms with van der Waals surface area (Å²) in [5.74, 6) is 0.439. The molecule has 0 radical (unpaired) electrons. The van der Waals surface area contributed by atoms with E-state index in [-0.39, 0.29) is 5.91 Å². The van der Waals surface area contributed by atoms with Crippen LogP contribution in [-0.2, 0) is 6.54 Å². The molecule has 0 saturated carbocycles. The highest BCUT2D eigenvalue weighted by Gasteiger charge is 2.08. The minimum Gasteiger partial charge on any atom is -0.348 e. The van der Waals surface area contributed by atoms with Crippen LogP contribution in [0.3, 0.4) is 0 Å². The highest BCUT2D eigenvalue weighted by atomic mass is 16.1. The number of benzene rings is 2. The van der Waals surface area contributed by atoms with Gasteiger partial charge in [-0.25, -0.2) is 0 Å². The molecule has 2 nitrogen and oxygen atoms in total. The standard InChI is InChI=1S/C18H21NO/c1-13(2)17-10-5-4-8-16(17)12-19-18(20)15-9-6-7-14(3)11-15/h4-11,13H,12H2,1-3H3,(H,19,20). The van der Waals surface area contributed by atoms with Crippen LogP contribution in [0, 0.1) is 6.92 Å². The molecule has 0 unspecified atom stereocenters. The normalized spacial score (nSPS) is 10.6. The Morgan fingerprint density at radius 2 is 1.85 bits per heavy atom. The first-order valence-corrected chi connectivity index (χ1v) is 7.00. The highest BCUT2D eigenvalue weighted by molar-refractivity contribution is 5.94. The molecule has 2 rings (SSSR count). The molecule has 0 atom stereocenters. The van der Waals surface area contributed by atoms with Crippen LogP contribution in [0.15, 0.2) is 48.5 Å². The number of amides is 1. The zero-order valence-corrected chi connectivity index (χ0v) is 12.3. The van der Waals surface area contributed by atoms with E-state index >= 15 is 0 Å². The van der Waals surface area contributed by atoms with Gasteiger partial charge >= 0.3 is 0 Å². The monoisotopic (exact) mass is 267 g/mol. The molecule has 0 aliphatic rings. The lowest BCUT2D eigenvalue weighted by atomic mass is 9.97. The Kier molecular flexibility index (Phi) is 4.57. The molecule has 0 bridgehead atoms. The van der Waals surface area contributed by atoms with Gasteiger partial charge in [-0.05, 0) is 36.1 Å². The van der Waals surface area contributed by atoms with Crippen LogP contribution in [0.4, 0.5) is 0 Å². The molecular formula is C18H21NO. The van der Waals surface area contributed by atoms with E-state index in [4.69, 9.17) is 0 Å². The number of carbonyl (C=O) groups excluding carboxylic acids is 1. The molecule has 0 saturated heterocycles. The molecule has 1 N–H and O–H groups in total. The van der Waals surface area contributed by atoms with Crippen molar-refractivity contribution in [2.45, 2.75) is 33.2 Å². The fourth-order valence-corrected chi connectivity index (χ4v) is 2.32. The van der Waals surface area contributed by atoms with E-state index < -0.39 is 0 Å². The first kappa shape index (κ1) is 14.3. The molecule has 0 heterocycles. The summed E-state index contributed by atoms with van der Waals surface area (Å²) in [6.45, 7) is 6.90. The van der Waals surface area contributed by atoms with E-state index in [1.54, 1.807) is 0 Å². The molecule has 1 amide bonds. The Balaban J connectivity index is 2.07. The van der Waals surface area contributed by atoms with Gasteiger partial charge < -0.3 is 5.32 Å². The lowest BCUT2D eigenvalue weighted by molar-refractivity contribution is 0.0950. The van der Waals surface area contributed by atoms with Crippen LogP contribution in [0.1, 0.15) is 46.8 Å². The fourth-order valence-electron chi connectivity index (χ4n) is 2.32. The first-order valence-electron chi connectivity index (χ1n) is 7.00. The molecule has 2 aromatic rings. The Labute approximate surface area is 120 Å². The van der Waals surface area contributed by atoms with Crippen molar-refractivity contribution in [2.75, 3.05) is 0 Å². The van der Waals surface area contributed by atoms with Crippen LogP contribution in [-0.4, -0.2) is 5.91 Å². The van der Waals surface area contributed by atoms with Crippen LogP contribution >= 0.6 is 0 Å². The maximum absolute atomic E-state index is 12.1. The van der Waals surface area contributed by atoms with E-state index in [1.807, 2.05) is 43.3 Å². The lowest BCUT2D eigenvalue weighted by Gasteiger charge is -2.13. The number of hydrogen-bond donors (Lipinski definition) is 1. The van der Waals surface area contributed by atoms with Crippen molar-refractivity contribution in [3.8, 4) is 0 Å². The van der Waals surface area contributed by atoms with Gasteiger partial charge in [0.05, 0.1) is 0 Å². The van der Waals surface area contributed by atoms with Gasteiger partial charge in [0, 0.05) is 12.1 Å². The predicted octanol–water partition coefficient (Wildman–Crippen LogP) is 4.05. The molecule has 0 aliphatic carbocycles. The summed E-state index contributed by atoms with van der Waals surface area (Å²) in [6.07, 6.45) is 0. The number of rotatable bonds is 4. The van der Waals surface area contributed by atoms with Crippen molar-refractivity contribution in [1.82, 2.24) is 5.32 Å². The number of aryl methyl sites for hydroxylation is 1. The molecule has 2 aromatic carbocycles. The molecule has 0 fully saturated rings. The maximum atomic E-state index is 12.1. The molecule has 104 valence electrons. The highest BCUT2D eigenvalue weighted by Crippen LogP contribution is 2.19. The Bertz CT molecular complexity index is 602. The second-order valence-electron chi connectivity index (χ2n) is 5.41. The van der Waals surface area contributed by atoms with Crippen molar-refractivity contribution in [3.63, 3.8) is 0 Å². The lowest BCUT2D eigenvalue weighted by Crippen LogP contribution is -2.23. The van der Waals surface area contributed by atoms with E-state index in [2.05, 4.69) is 31.3 Å². The molecular weight excluding hydrogens is 246 g/mol. The van der Waals surface area contributed by atoms with E-state index in [9.17, 15) is 4.79 Å². The summed E-state index contributed by atoms with van der Waals surface area (Å²) in [7, 11) is 0. The Hall–Kier alpha value is -2.09. The molecule has 0 aliphatic heterocycles. The van der Waals surface area contributed by atoms with Crippen molar-refractivity contribution in [3.05, 3.63) is 70.8 Å². The SMILES string of the molecule is Cc1cccc(C(=O)NCc2ccccc2C(C)C)c1. The van der Waals surface area contributed by atoms with Crippen molar-refractivity contribution in [1.29, 1.82) is 0 Å². The van der Waals surface area contributed by atoms with Crippen LogP contribution < -0.4 is 5.32 Å². The van der Waals surface area contributed by atoms with Gasteiger partial charge in [-0.3, -0.25) is 4.79 Å². The minimum atomic E-state index is -0.0211. The molecule has 2 heteroatoms. The van der Waals surface area contributed by atoms with Gasteiger partial charge in [-0.2, -0.15) is 0 Å². The van der Waals surface area contributed by atoms with Crippen molar-refractivity contribution in [2.24, 2.45) is 0 Å². The number of hydrogen-bond acceptors (Lipinski definition) is 1. The summed E-state index contributed by atoms with van der Waals surface area (Å²) < 4.78 is 0. The van der Waals surface area contributed by atoms with Gasteiger partial charge in [0.25, 0.3) is 5.91 Å². The third kappa shape index (κ3) is 3.47. The summed E-state index contributed by atoms with van der Waals surface area (Å²) in [5, 5.41) is 3.00. The fraction of sp³-hybridized carbons (Fsp3) is 0.278. The van der Waals surface area contributed by atoms with Crippen molar-refractivity contribution < 1.29 is 4.79 Å². The number of nitrogens with one attached hydrogen (secondary N) is 1. The van der Waals surface area contributed by atoms with Crippen LogP contribution in [0.5, 0.6) is 0 Å². The van der Waals surface area contributed by atoms with Gasteiger partial charge in [-0.15, -0.1) is 0 Å². The second kappa shape index (κ2) is 6.38. The van der Waals surface area contributed by atoms with Gasteiger partial charge in [0.1, 0.15) is 0 Å². The topological polar surface area (TPSA) is 29.1 Å². The Morgan fingerprint density at radius 1 is 1.10 bits per heavy atom. The summed E-state index contributed by atoms with van der Waals surface area (Å²) in [6, 6.07) is 15.9. The molecule has 0 spiro atoms. The van der Waals surface area contributed by atoms with Gasteiger partial charge in [0.2, 0.25) is 0 Å². The average Bonchev–Trinajstić information content (AvgIpc) is 2.45. The minimum absolute atomic E-state index is 0.0211. The number of carbonyl (C=O) groups is 1. The molecule has 20 heavy (non-hydrogen) atoms. The van der Waals surface area contributed by atoms with Gasteiger partial charge in [0.15, 0.2) is 0 Å². The van der Waals surface area contributed by atoms with E-state index in [0.717, 1.165) is 5.56 Å². The summed E-state index contributed by atoms with van der Waals surface area (Å²) in [4.78, 5) is 12.1. The van der Waals surface area contributed by atoms with E-state index in [1.165, 1.54) is 11.1 Å². The smallest absolute Gasteiger partial charge is 0.251 e. The zero-order chi connectivity index (χ0) is 14.5. The largest absolute Gasteiger partial charge is 0.348 e.